The summed E-state index contributed by atoms with van der Waals surface area (Å²) in [5.74, 6) is 0. The van der Waals surface area contributed by atoms with E-state index >= 15 is 0 Å². The lowest BCUT2D eigenvalue weighted by atomic mass is 10.2. The highest BCUT2D eigenvalue weighted by Crippen LogP contribution is 2.33. The average molecular weight is 299 g/mol. The number of hydrogen-bond donors (Lipinski definition) is 1. The second-order valence-corrected chi connectivity index (χ2v) is 5.35. The highest BCUT2D eigenvalue weighted by Gasteiger charge is 2.29. The first-order chi connectivity index (χ1) is 8.24. The molecule has 1 aromatic carbocycles. The van der Waals surface area contributed by atoms with E-state index in [1.54, 1.807) is 7.11 Å². The van der Waals surface area contributed by atoms with Gasteiger partial charge in [0, 0.05) is 36.4 Å². The van der Waals surface area contributed by atoms with Gasteiger partial charge in [-0.05, 0) is 36.6 Å². The van der Waals surface area contributed by atoms with Gasteiger partial charge in [0.15, 0.2) is 0 Å². The van der Waals surface area contributed by atoms with Crippen LogP contribution in [-0.4, -0.2) is 26.3 Å². The van der Waals surface area contributed by atoms with Gasteiger partial charge in [-0.1, -0.05) is 15.9 Å². The maximum atomic E-state index is 5.72. The molecule has 0 atom stereocenters. The summed E-state index contributed by atoms with van der Waals surface area (Å²) in [5, 5.41) is 0. The van der Waals surface area contributed by atoms with Gasteiger partial charge < -0.3 is 15.4 Å². The number of benzene rings is 1. The minimum atomic E-state index is 0.579. The van der Waals surface area contributed by atoms with Crippen LogP contribution in [-0.2, 0) is 11.3 Å². The maximum Gasteiger partial charge on any atom is 0.0637 e. The lowest BCUT2D eigenvalue weighted by Gasteiger charge is -2.25. The Morgan fingerprint density at radius 2 is 2.18 bits per heavy atom. The van der Waals surface area contributed by atoms with Crippen molar-refractivity contribution in [3.8, 4) is 0 Å². The van der Waals surface area contributed by atoms with Gasteiger partial charge in [-0.3, -0.25) is 0 Å². The Morgan fingerprint density at radius 1 is 1.41 bits per heavy atom. The molecule has 1 aliphatic rings. The van der Waals surface area contributed by atoms with E-state index in [-0.39, 0.29) is 0 Å². The Morgan fingerprint density at radius 3 is 2.76 bits per heavy atom. The highest BCUT2D eigenvalue weighted by molar-refractivity contribution is 9.10. The number of anilines is 1. The molecule has 2 N–H and O–H groups in total. The van der Waals surface area contributed by atoms with Gasteiger partial charge in [0.25, 0.3) is 0 Å². The van der Waals surface area contributed by atoms with E-state index in [1.165, 1.54) is 18.5 Å². The fourth-order valence-electron chi connectivity index (χ4n) is 2.02. The number of methoxy groups -OCH3 is 1. The molecule has 0 aromatic heterocycles. The molecule has 2 rings (SSSR count). The molecule has 0 unspecified atom stereocenters. The molecule has 3 nitrogen and oxygen atoms in total. The smallest absolute Gasteiger partial charge is 0.0637 e. The van der Waals surface area contributed by atoms with E-state index in [0.29, 0.717) is 12.6 Å². The third-order valence-corrected chi connectivity index (χ3v) is 3.49. The van der Waals surface area contributed by atoms with Crippen LogP contribution in [0.5, 0.6) is 0 Å². The molecular weight excluding hydrogens is 280 g/mol. The van der Waals surface area contributed by atoms with E-state index in [9.17, 15) is 0 Å². The predicted octanol–water partition coefficient (Wildman–Crippen LogP) is 2.52. The number of rotatable bonds is 6. The standard InChI is InChI=1S/C13H19BrN2O/c1-17-5-4-16(12-2-3-12)13-7-10(9-15)6-11(14)8-13/h6-8,12H,2-5,9,15H2,1H3. The van der Waals surface area contributed by atoms with E-state index in [4.69, 9.17) is 10.5 Å². The van der Waals surface area contributed by atoms with Crippen LogP contribution in [0.3, 0.4) is 0 Å². The Bertz CT molecular complexity index is 380. The first-order valence-electron chi connectivity index (χ1n) is 5.99. The molecule has 1 saturated carbocycles. The summed E-state index contributed by atoms with van der Waals surface area (Å²) < 4.78 is 6.28. The van der Waals surface area contributed by atoms with Crippen molar-refractivity contribution in [2.75, 3.05) is 25.2 Å². The first-order valence-corrected chi connectivity index (χ1v) is 6.79. The van der Waals surface area contributed by atoms with Crippen LogP contribution in [0.25, 0.3) is 0 Å². The van der Waals surface area contributed by atoms with E-state index in [0.717, 1.165) is 23.2 Å². The van der Waals surface area contributed by atoms with Crippen LogP contribution in [0.2, 0.25) is 0 Å². The molecule has 4 heteroatoms. The van der Waals surface area contributed by atoms with Gasteiger partial charge in [0.05, 0.1) is 6.61 Å². The fourth-order valence-corrected chi connectivity index (χ4v) is 2.54. The summed E-state index contributed by atoms with van der Waals surface area (Å²) in [5.41, 5.74) is 8.13. The van der Waals surface area contributed by atoms with Crippen molar-refractivity contribution < 1.29 is 4.74 Å². The number of hydrogen-bond acceptors (Lipinski definition) is 3. The molecule has 1 fully saturated rings. The van der Waals surface area contributed by atoms with Crippen LogP contribution >= 0.6 is 15.9 Å². The first kappa shape index (κ1) is 12.9. The zero-order chi connectivity index (χ0) is 12.3. The van der Waals surface area contributed by atoms with Crippen LogP contribution in [0.4, 0.5) is 5.69 Å². The zero-order valence-electron chi connectivity index (χ0n) is 10.2. The molecular formula is C13H19BrN2O. The summed E-state index contributed by atoms with van der Waals surface area (Å²) in [6.45, 7) is 2.29. The SMILES string of the molecule is COCCN(c1cc(Br)cc(CN)c1)C1CC1. The predicted molar refractivity (Wildman–Crippen MR) is 74.3 cm³/mol. The van der Waals surface area contributed by atoms with Gasteiger partial charge in [0.2, 0.25) is 0 Å². The molecule has 1 aliphatic carbocycles. The molecule has 0 heterocycles. The number of nitrogens with zero attached hydrogens (tertiary/aromatic N) is 1. The lowest BCUT2D eigenvalue weighted by molar-refractivity contribution is 0.205. The Hall–Kier alpha value is -0.580. The van der Waals surface area contributed by atoms with Gasteiger partial charge in [-0.25, -0.2) is 0 Å². The molecule has 17 heavy (non-hydrogen) atoms. The largest absolute Gasteiger partial charge is 0.383 e. The second kappa shape index (κ2) is 5.85. The Balaban J connectivity index is 2.18. The van der Waals surface area contributed by atoms with Gasteiger partial charge in [-0.2, -0.15) is 0 Å². The Labute approximate surface area is 111 Å². The van der Waals surface area contributed by atoms with Crippen molar-refractivity contribution in [2.45, 2.75) is 25.4 Å². The summed E-state index contributed by atoms with van der Waals surface area (Å²) >= 11 is 3.55. The van der Waals surface area contributed by atoms with E-state index < -0.39 is 0 Å². The molecule has 1 aromatic rings. The highest BCUT2D eigenvalue weighted by atomic mass is 79.9. The molecule has 0 radical (unpaired) electrons. The summed E-state index contributed by atoms with van der Waals surface area (Å²) in [6, 6.07) is 7.10. The minimum Gasteiger partial charge on any atom is -0.383 e. The van der Waals surface area contributed by atoms with Gasteiger partial charge in [-0.15, -0.1) is 0 Å². The number of nitrogens with two attached hydrogens (primary N) is 1. The van der Waals surface area contributed by atoms with Crippen LogP contribution in [0, 0.1) is 0 Å². The monoisotopic (exact) mass is 298 g/mol. The summed E-state index contributed by atoms with van der Waals surface area (Å²) in [4.78, 5) is 2.42. The summed E-state index contributed by atoms with van der Waals surface area (Å²) in [7, 11) is 1.75. The maximum absolute atomic E-state index is 5.72. The summed E-state index contributed by atoms with van der Waals surface area (Å²) in [6.07, 6.45) is 2.57. The van der Waals surface area contributed by atoms with Crippen LogP contribution < -0.4 is 10.6 Å². The van der Waals surface area contributed by atoms with Crippen molar-refractivity contribution in [1.29, 1.82) is 0 Å². The second-order valence-electron chi connectivity index (χ2n) is 4.44. The van der Waals surface area contributed by atoms with Crippen LogP contribution in [0.1, 0.15) is 18.4 Å². The molecule has 94 valence electrons. The molecule has 0 aliphatic heterocycles. The third-order valence-electron chi connectivity index (χ3n) is 3.03. The van der Waals surface area contributed by atoms with Crippen molar-refractivity contribution in [3.63, 3.8) is 0 Å². The third kappa shape index (κ3) is 3.44. The Kier molecular flexibility index (Phi) is 4.42. The molecule has 0 spiro atoms. The molecule has 0 saturated heterocycles. The zero-order valence-corrected chi connectivity index (χ0v) is 11.7. The average Bonchev–Trinajstić information content (AvgIpc) is 3.13. The van der Waals surface area contributed by atoms with Crippen molar-refractivity contribution in [3.05, 3.63) is 28.2 Å². The fraction of sp³-hybridized carbons (Fsp3) is 0.538. The van der Waals surface area contributed by atoms with Crippen molar-refractivity contribution in [2.24, 2.45) is 5.73 Å². The van der Waals surface area contributed by atoms with E-state index in [2.05, 4.69) is 39.0 Å². The molecule has 0 bridgehead atoms. The van der Waals surface area contributed by atoms with Crippen molar-refractivity contribution >= 4 is 21.6 Å². The molecule has 0 amide bonds. The van der Waals surface area contributed by atoms with Gasteiger partial charge in [0.1, 0.15) is 0 Å². The number of ether oxygens (including phenoxy) is 1. The van der Waals surface area contributed by atoms with E-state index in [1.807, 2.05) is 0 Å². The number of halogens is 1. The topological polar surface area (TPSA) is 38.5 Å². The van der Waals surface area contributed by atoms with Crippen LogP contribution in [0.15, 0.2) is 22.7 Å². The normalized spacial score (nSPS) is 15.0. The minimum absolute atomic E-state index is 0.579. The lowest BCUT2D eigenvalue weighted by Crippen LogP contribution is -2.29. The quantitative estimate of drug-likeness (QED) is 0.877. The van der Waals surface area contributed by atoms with Gasteiger partial charge >= 0.3 is 0 Å². The van der Waals surface area contributed by atoms with Crippen molar-refractivity contribution in [1.82, 2.24) is 0 Å².